The van der Waals surface area contributed by atoms with Crippen LogP contribution in [0.4, 0.5) is 9.93 Å². The fourth-order valence-corrected chi connectivity index (χ4v) is 9.50. The first-order valence-corrected chi connectivity index (χ1v) is 21.1. The molecule has 0 spiro atoms. The third-order valence-corrected chi connectivity index (χ3v) is 12.8. The number of ether oxygens (including phenoxy) is 3. The van der Waals surface area contributed by atoms with E-state index in [1.165, 1.54) is 16.2 Å². The summed E-state index contributed by atoms with van der Waals surface area (Å²) in [7, 11) is 0. The molecule has 2 aromatic heterocycles. The molecule has 1 aromatic carbocycles. The van der Waals surface area contributed by atoms with Gasteiger partial charge in [0.05, 0.1) is 17.8 Å². The van der Waals surface area contributed by atoms with Crippen molar-refractivity contribution in [3.05, 3.63) is 28.6 Å². The van der Waals surface area contributed by atoms with Gasteiger partial charge in [0.2, 0.25) is 11.8 Å². The molecule has 3 aromatic rings. The van der Waals surface area contributed by atoms with Crippen molar-refractivity contribution < 1.29 is 38.5 Å². The number of carbonyl (C=O) groups excluding carboxylic acids is 3. The maximum Gasteiger partial charge on any atom is 0.408 e. The van der Waals surface area contributed by atoms with Crippen LogP contribution in [0, 0.1) is 34.5 Å². The first-order chi connectivity index (χ1) is 27.5. The number of nitrogens with one attached hydrogen (secondary N) is 3. The highest BCUT2D eigenvalue weighted by atomic mass is 35.5. The lowest BCUT2D eigenvalue weighted by molar-refractivity contribution is -0.146. The highest BCUT2D eigenvalue weighted by molar-refractivity contribution is 7.14. The van der Waals surface area contributed by atoms with Gasteiger partial charge in [-0.1, -0.05) is 45.7 Å². The molecule has 3 heterocycles. The van der Waals surface area contributed by atoms with Crippen molar-refractivity contribution in [2.45, 2.75) is 116 Å². The number of rotatable bonds is 14. The molecule has 1 saturated heterocycles. The number of aromatic nitrogens is 2. The smallest absolute Gasteiger partial charge is 0.408 e. The SMILES string of the molecule is CC[C@@H]1C[C@]1(NC(=O)[C@@H]1C[C@@H](Oc2cc(-c3csc(NC(C)C)n3)nc3c(Cl)c(OCC#N)ccc23)CN1C(=O)C(NC(=O)OC1CC2C[C@H]2C1)C(C)(C)C)C(=O)O. The molecule has 0 bridgehead atoms. The van der Waals surface area contributed by atoms with Gasteiger partial charge >= 0.3 is 12.1 Å². The van der Waals surface area contributed by atoms with Crippen LogP contribution < -0.4 is 25.4 Å². The van der Waals surface area contributed by atoms with Crippen LogP contribution in [0.2, 0.25) is 5.02 Å². The van der Waals surface area contributed by atoms with Crippen molar-refractivity contribution in [1.29, 1.82) is 5.26 Å². The minimum Gasteiger partial charge on any atom is -0.488 e. The van der Waals surface area contributed by atoms with E-state index < -0.39 is 53.0 Å². The van der Waals surface area contributed by atoms with Gasteiger partial charge in [0.15, 0.2) is 11.7 Å². The number of hydrogen-bond acceptors (Lipinski definition) is 12. The number of alkyl carbamates (subject to hydrolysis) is 1. The van der Waals surface area contributed by atoms with E-state index in [1.807, 2.05) is 53.0 Å². The molecule has 310 valence electrons. The van der Waals surface area contributed by atoms with Crippen molar-refractivity contribution in [2.24, 2.45) is 23.2 Å². The lowest BCUT2D eigenvalue weighted by atomic mass is 9.85. The van der Waals surface area contributed by atoms with Crippen LogP contribution in [0.25, 0.3) is 22.3 Å². The molecule has 3 amide bonds. The topological polar surface area (TPSA) is 205 Å². The molecule has 4 fully saturated rings. The largest absolute Gasteiger partial charge is 0.488 e. The number of nitrogens with zero attached hydrogens (tertiary/aromatic N) is 4. The molecule has 3 saturated carbocycles. The summed E-state index contributed by atoms with van der Waals surface area (Å²) in [5.74, 6) is -0.729. The number of likely N-dealkylation sites (tertiary alicyclic amines) is 1. The molecule has 58 heavy (non-hydrogen) atoms. The van der Waals surface area contributed by atoms with Gasteiger partial charge in [0.1, 0.15) is 58.1 Å². The van der Waals surface area contributed by atoms with Gasteiger partial charge in [-0.15, -0.1) is 11.3 Å². The highest BCUT2D eigenvalue weighted by Crippen LogP contribution is 2.52. The number of pyridine rings is 1. The van der Waals surface area contributed by atoms with Gasteiger partial charge < -0.3 is 40.2 Å². The predicted octanol–water partition coefficient (Wildman–Crippen LogP) is 6.39. The fraction of sp³-hybridized carbons (Fsp3) is 0.585. The van der Waals surface area contributed by atoms with Gasteiger partial charge in [0.25, 0.3) is 0 Å². The van der Waals surface area contributed by atoms with Crippen LogP contribution >= 0.6 is 22.9 Å². The number of anilines is 1. The second-order valence-electron chi connectivity index (χ2n) is 17.3. The third-order valence-electron chi connectivity index (χ3n) is 11.6. The molecular formula is C41H50ClN7O8S. The van der Waals surface area contributed by atoms with Gasteiger partial charge in [-0.3, -0.25) is 9.59 Å². The zero-order valence-electron chi connectivity index (χ0n) is 33.5. The number of carbonyl (C=O) groups is 4. The van der Waals surface area contributed by atoms with Crippen molar-refractivity contribution in [3.8, 4) is 29.0 Å². The second kappa shape index (κ2) is 16.1. The molecule has 8 atom stereocenters. The maximum atomic E-state index is 14.7. The van der Waals surface area contributed by atoms with E-state index in [-0.39, 0.29) is 54.8 Å². The summed E-state index contributed by atoms with van der Waals surface area (Å²) in [5, 5.41) is 31.4. The summed E-state index contributed by atoms with van der Waals surface area (Å²) >= 11 is 8.25. The Kier molecular flexibility index (Phi) is 11.4. The molecule has 17 heteroatoms. The van der Waals surface area contributed by atoms with Crippen molar-refractivity contribution >= 4 is 62.8 Å². The highest BCUT2D eigenvalue weighted by Gasteiger charge is 2.61. The minimum atomic E-state index is -1.43. The minimum absolute atomic E-state index is 0.0195. The first-order valence-electron chi connectivity index (χ1n) is 19.9. The van der Waals surface area contributed by atoms with Crippen molar-refractivity contribution in [1.82, 2.24) is 25.5 Å². The van der Waals surface area contributed by atoms with Gasteiger partial charge in [-0.05, 0) is 74.8 Å². The van der Waals surface area contributed by atoms with E-state index in [4.69, 9.17) is 41.0 Å². The Hall–Kier alpha value is -4.88. The average molecular weight is 836 g/mol. The Morgan fingerprint density at radius 3 is 2.47 bits per heavy atom. The fourth-order valence-electron chi connectivity index (χ4n) is 8.39. The van der Waals surface area contributed by atoms with E-state index in [0.29, 0.717) is 51.4 Å². The Labute approximate surface area is 346 Å². The van der Waals surface area contributed by atoms with E-state index in [2.05, 4.69) is 16.0 Å². The number of amides is 3. The number of fused-ring (bicyclic) bond motifs is 2. The molecule has 3 unspecified atom stereocenters. The number of benzene rings is 1. The summed E-state index contributed by atoms with van der Waals surface area (Å²) < 4.78 is 18.0. The van der Waals surface area contributed by atoms with Gasteiger partial charge in [0, 0.05) is 29.3 Å². The van der Waals surface area contributed by atoms with E-state index >= 15 is 0 Å². The third kappa shape index (κ3) is 8.47. The second-order valence-corrected chi connectivity index (χ2v) is 18.6. The monoisotopic (exact) mass is 835 g/mol. The number of hydrogen-bond donors (Lipinski definition) is 4. The first kappa shape index (κ1) is 41.3. The molecule has 15 nitrogen and oxygen atoms in total. The number of halogens is 1. The molecule has 1 aliphatic heterocycles. The summed E-state index contributed by atoms with van der Waals surface area (Å²) in [5.41, 5.74) is -0.909. The lowest BCUT2D eigenvalue weighted by Gasteiger charge is -2.35. The Bertz CT molecular complexity index is 2140. The quantitative estimate of drug-likeness (QED) is 0.139. The molecule has 3 aliphatic carbocycles. The lowest BCUT2D eigenvalue weighted by Crippen LogP contribution is -2.59. The van der Waals surface area contributed by atoms with Crippen molar-refractivity contribution in [2.75, 3.05) is 18.5 Å². The molecular weight excluding hydrogens is 786 g/mol. The normalized spacial score (nSPS) is 26.4. The zero-order chi connectivity index (χ0) is 41.7. The summed E-state index contributed by atoms with van der Waals surface area (Å²) in [6.45, 7) is 11.0. The molecule has 0 radical (unpaired) electrons. The Morgan fingerprint density at radius 1 is 1.09 bits per heavy atom. The maximum absolute atomic E-state index is 14.7. The average Bonchev–Trinajstić information content (AvgIpc) is 3.83. The number of aliphatic carboxylic acids is 1. The van der Waals surface area contributed by atoms with Crippen LogP contribution in [-0.2, 0) is 19.1 Å². The predicted molar refractivity (Wildman–Crippen MR) is 217 cm³/mol. The Balaban J connectivity index is 1.21. The number of thiazole rings is 1. The van der Waals surface area contributed by atoms with E-state index in [1.54, 1.807) is 18.2 Å². The van der Waals surface area contributed by atoms with E-state index in [9.17, 15) is 24.3 Å². The summed E-state index contributed by atoms with van der Waals surface area (Å²) in [6.07, 6.45) is 1.99. The molecule has 7 rings (SSSR count). The van der Waals surface area contributed by atoms with Crippen LogP contribution in [0.5, 0.6) is 11.5 Å². The molecule has 4 N–H and O–H groups in total. The van der Waals surface area contributed by atoms with Gasteiger partial charge in [-0.2, -0.15) is 5.26 Å². The van der Waals surface area contributed by atoms with Gasteiger partial charge in [-0.25, -0.2) is 19.6 Å². The Morgan fingerprint density at radius 2 is 1.83 bits per heavy atom. The van der Waals surface area contributed by atoms with Crippen LogP contribution in [-0.4, -0.2) is 92.9 Å². The number of carboxylic acids is 1. The summed E-state index contributed by atoms with van der Waals surface area (Å²) in [6, 6.07) is 4.92. The summed E-state index contributed by atoms with van der Waals surface area (Å²) in [4.78, 5) is 65.6. The van der Waals surface area contributed by atoms with Crippen molar-refractivity contribution in [3.63, 3.8) is 0 Å². The van der Waals surface area contributed by atoms with Crippen LogP contribution in [0.3, 0.4) is 0 Å². The van der Waals surface area contributed by atoms with Crippen LogP contribution in [0.1, 0.15) is 80.1 Å². The van der Waals surface area contributed by atoms with Crippen LogP contribution in [0.15, 0.2) is 23.6 Å². The number of carboxylic acid groups (broad SMARTS) is 1. The standard InChI is InChI=1S/C41H50ClN7O8S/c1-7-23-17-41(23,37(52)53)48-35(50)29-15-25(18-49(29)36(51)34(40(4,5)6)47-39(54)57-24-13-21-12-22(21)14-24)56-31-16-27(28-19-58-38(46-28)44-20(2)3)45-33-26(31)8-9-30(32(33)42)55-11-10-43/h8-9,16,19-25,29,34H,7,11-15,17-18H2,1-6H3,(H,44,46)(H,47,54)(H,48,50)(H,52,53)/t21-,22?,23+,24?,25+,29-,34?,41+/m0/s1. The van der Waals surface area contributed by atoms with E-state index in [0.717, 1.165) is 19.3 Å². The zero-order valence-corrected chi connectivity index (χ0v) is 35.0. The number of nitriles is 1. The molecule has 4 aliphatic rings.